The zero-order valence-corrected chi connectivity index (χ0v) is 14.3. The van der Waals surface area contributed by atoms with Crippen molar-refractivity contribution in [2.75, 3.05) is 11.6 Å². The maximum Gasteiger partial charge on any atom is 0.265 e. The molecule has 0 atom stereocenters. The molecule has 3 aromatic rings. The predicted molar refractivity (Wildman–Crippen MR) is 94.1 cm³/mol. The fourth-order valence-electron chi connectivity index (χ4n) is 2.24. The zero-order valence-electron chi connectivity index (χ0n) is 12.7. The molecule has 0 aliphatic rings. The molecule has 6 heteroatoms. The molecule has 0 bridgehead atoms. The van der Waals surface area contributed by atoms with Gasteiger partial charge >= 0.3 is 0 Å². The molecule has 0 radical (unpaired) electrons. The highest BCUT2D eigenvalue weighted by atomic mass is 32.2. The number of carbonyl (C=O) groups is 1. The minimum Gasteiger partial charge on any atom is -0.321 e. The number of sulfone groups is 1. The van der Waals surface area contributed by atoms with Crippen LogP contribution in [0.2, 0.25) is 0 Å². The van der Waals surface area contributed by atoms with Crippen LogP contribution in [-0.4, -0.2) is 20.6 Å². The highest BCUT2D eigenvalue weighted by Gasteiger charge is 2.14. The summed E-state index contributed by atoms with van der Waals surface area (Å²) in [5.74, 6) is -0.236. The summed E-state index contributed by atoms with van der Waals surface area (Å²) in [6.07, 6.45) is 1.15. The van der Waals surface area contributed by atoms with Gasteiger partial charge in [0.15, 0.2) is 9.84 Å². The lowest BCUT2D eigenvalue weighted by Gasteiger charge is -2.09. The largest absolute Gasteiger partial charge is 0.321 e. The first-order valence-electron chi connectivity index (χ1n) is 6.95. The molecule has 1 heterocycles. The van der Waals surface area contributed by atoms with Gasteiger partial charge < -0.3 is 5.32 Å². The van der Waals surface area contributed by atoms with Gasteiger partial charge in [0, 0.05) is 16.6 Å². The number of hydrogen-bond donors (Lipinski definition) is 1. The standard InChI is InChI=1S/C17H15NO3S2/c1-11-7-8-13(23(2,20)21)10-14(11)18-17(19)16-9-12-5-3-4-6-15(12)22-16/h3-10H,1-2H3,(H,18,19). The van der Waals surface area contributed by atoms with Crippen LogP contribution in [0.25, 0.3) is 10.1 Å². The molecule has 1 aromatic heterocycles. The summed E-state index contributed by atoms with van der Waals surface area (Å²) < 4.78 is 24.4. The van der Waals surface area contributed by atoms with Crippen molar-refractivity contribution in [3.63, 3.8) is 0 Å². The van der Waals surface area contributed by atoms with E-state index in [1.165, 1.54) is 17.4 Å². The molecule has 0 aliphatic carbocycles. The van der Waals surface area contributed by atoms with Crippen molar-refractivity contribution in [3.8, 4) is 0 Å². The van der Waals surface area contributed by atoms with Crippen molar-refractivity contribution in [1.82, 2.24) is 0 Å². The predicted octanol–water partition coefficient (Wildman–Crippen LogP) is 3.87. The Kier molecular flexibility index (Phi) is 3.95. The number of hydrogen-bond acceptors (Lipinski definition) is 4. The van der Waals surface area contributed by atoms with E-state index in [9.17, 15) is 13.2 Å². The number of anilines is 1. The van der Waals surface area contributed by atoms with Gasteiger partial charge in [-0.25, -0.2) is 8.42 Å². The van der Waals surface area contributed by atoms with Gasteiger partial charge in [-0.05, 0) is 42.1 Å². The van der Waals surface area contributed by atoms with Crippen LogP contribution in [0, 0.1) is 6.92 Å². The first kappa shape index (κ1) is 15.7. The van der Waals surface area contributed by atoms with Gasteiger partial charge in [0.05, 0.1) is 9.77 Å². The third-order valence-electron chi connectivity index (χ3n) is 3.53. The van der Waals surface area contributed by atoms with Crippen LogP contribution in [0.1, 0.15) is 15.2 Å². The first-order valence-corrected chi connectivity index (χ1v) is 9.66. The van der Waals surface area contributed by atoms with Gasteiger partial charge in [-0.15, -0.1) is 11.3 Å². The van der Waals surface area contributed by atoms with Gasteiger partial charge in [0.25, 0.3) is 5.91 Å². The van der Waals surface area contributed by atoms with Gasteiger partial charge in [-0.1, -0.05) is 24.3 Å². The Morgan fingerprint density at radius 3 is 2.52 bits per heavy atom. The van der Waals surface area contributed by atoms with E-state index in [-0.39, 0.29) is 10.8 Å². The summed E-state index contributed by atoms with van der Waals surface area (Å²) in [6.45, 7) is 1.83. The second-order valence-electron chi connectivity index (χ2n) is 5.35. The number of benzene rings is 2. The Hall–Kier alpha value is -2.18. The number of aryl methyl sites for hydroxylation is 1. The van der Waals surface area contributed by atoms with E-state index in [2.05, 4.69) is 5.32 Å². The lowest BCUT2D eigenvalue weighted by atomic mass is 10.2. The van der Waals surface area contributed by atoms with Crippen LogP contribution < -0.4 is 5.32 Å². The second kappa shape index (κ2) is 5.79. The molecule has 0 saturated carbocycles. The lowest BCUT2D eigenvalue weighted by molar-refractivity contribution is 0.103. The second-order valence-corrected chi connectivity index (χ2v) is 8.45. The van der Waals surface area contributed by atoms with E-state index in [4.69, 9.17) is 0 Å². The van der Waals surface area contributed by atoms with Crippen molar-refractivity contribution in [2.24, 2.45) is 0 Å². The normalized spacial score (nSPS) is 11.6. The number of carbonyl (C=O) groups excluding carboxylic acids is 1. The van der Waals surface area contributed by atoms with E-state index in [1.807, 2.05) is 37.3 Å². The Morgan fingerprint density at radius 2 is 1.83 bits per heavy atom. The first-order chi connectivity index (χ1) is 10.8. The van der Waals surface area contributed by atoms with E-state index in [1.54, 1.807) is 12.1 Å². The summed E-state index contributed by atoms with van der Waals surface area (Å²) in [6, 6.07) is 14.3. The van der Waals surface area contributed by atoms with Crippen molar-refractivity contribution >= 4 is 42.9 Å². The number of thiophene rings is 1. The molecule has 118 valence electrons. The van der Waals surface area contributed by atoms with Crippen molar-refractivity contribution < 1.29 is 13.2 Å². The Bertz CT molecular complexity index is 971. The average molecular weight is 345 g/mol. The summed E-state index contributed by atoms with van der Waals surface area (Å²) in [4.78, 5) is 13.2. The zero-order chi connectivity index (χ0) is 16.6. The molecule has 1 N–H and O–H groups in total. The minimum absolute atomic E-state index is 0.190. The number of nitrogens with one attached hydrogen (secondary N) is 1. The SMILES string of the molecule is Cc1ccc(S(C)(=O)=O)cc1NC(=O)c1cc2ccccc2s1. The van der Waals surface area contributed by atoms with Crippen LogP contribution in [0.4, 0.5) is 5.69 Å². The van der Waals surface area contributed by atoms with Crippen molar-refractivity contribution in [3.05, 3.63) is 59.0 Å². The van der Waals surface area contributed by atoms with Gasteiger partial charge in [0.1, 0.15) is 0 Å². The van der Waals surface area contributed by atoms with Crippen molar-refractivity contribution in [1.29, 1.82) is 0 Å². The fourth-order valence-corrected chi connectivity index (χ4v) is 3.85. The average Bonchev–Trinajstić information content (AvgIpc) is 2.92. The number of rotatable bonds is 3. The maximum absolute atomic E-state index is 12.4. The van der Waals surface area contributed by atoms with Crippen LogP contribution in [-0.2, 0) is 9.84 Å². The highest BCUT2D eigenvalue weighted by Crippen LogP contribution is 2.27. The van der Waals surface area contributed by atoms with E-state index >= 15 is 0 Å². The quantitative estimate of drug-likeness (QED) is 0.784. The molecule has 3 rings (SSSR count). The molecule has 0 saturated heterocycles. The molecule has 4 nitrogen and oxygen atoms in total. The monoisotopic (exact) mass is 345 g/mol. The van der Waals surface area contributed by atoms with Crippen LogP contribution in [0.5, 0.6) is 0 Å². The molecule has 0 aliphatic heterocycles. The molecule has 2 aromatic carbocycles. The van der Waals surface area contributed by atoms with Crippen LogP contribution in [0.15, 0.2) is 53.4 Å². The Morgan fingerprint density at radius 1 is 1.09 bits per heavy atom. The molecule has 0 fully saturated rings. The summed E-state index contributed by atoms with van der Waals surface area (Å²) in [5, 5.41) is 3.82. The minimum atomic E-state index is -3.31. The summed E-state index contributed by atoms with van der Waals surface area (Å²) in [5.41, 5.74) is 1.32. The topological polar surface area (TPSA) is 63.2 Å². The van der Waals surface area contributed by atoms with E-state index < -0.39 is 9.84 Å². The number of amides is 1. The Balaban J connectivity index is 1.93. The van der Waals surface area contributed by atoms with Gasteiger partial charge in [-0.3, -0.25) is 4.79 Å². The Labute approximate surface area is 138 Å². The fraction of sp³-hybridized carbons (Fsp3) is 0.118. The maximum atomic E-state index is 12.4. The third kappa shape index (κ3) is 3.28. The lowest BCUT2D eigenvalue weighted by Crippen LogP contribution is -2.12. The molecule has 0 spiro atoms. The highest BCUT2D eigenvalue weighted by molar-refractivity contribution is 7.90. The molecule has 1 amide bonds. The molecule has 23 heavy (non-hydrogen) atoms. The van der Waals surface area contributed by atoms with Crippen molar-refractivity contribution in [2.45, 2.75) is 11.8 Å². The van der Waals surface area contributed by atoms with Crippen LogP contribution >= 0.6 is 11.3 Å². The number of fused-ring (bicyclic) bond motifs is 1. The van der Waals surface area contributed by atoms with Crippen LogP contribution in [0.3, 0.4) is 0 Å². The molecule has 0 unspecified atom stereocenters. The summed E-state index contributed by atoms with van der Waals surface area (Å²) >= 11 is 1.41. The van der Waals surface area contributed by atoms with E-state index in [0.717, 1.165) is 21.9 Å². The molecular formula is C17H15NO3S2. The summed E-state index contributed by atoms with van der Waals surface area (Å²) in [7, 11) is -3.31. The third-order valence-corrected chi connectivity index (χ3v) is 5.76. The smallest absolute Gasteiger partial charge is 0.265 e. The molecular weight excluding hydrogens is 330 g/mol. The van der Waals surface area contributed by atoms with Gasteiger partial charge in [0.2, 0.25) is 0 Å². The van der Waals surface area contributed by atoms with Gasteiger partial charge in [-0.2, -0.15) is 0 Å². The van der Waals surface area contributed by atoms with E-state index in [0.29, 0.717) is 10.6 Å².